The number of ether oxygens (including phenoxy) is 1. The minimum atomic E-state index is -0.790. The molecule has 0 aliphatic carbocycles. The van der Waals surface area contributed by atoms with E-state index in [4.69, 9.17) is 9.15 Å². The molecular weight excluding hydrogens is 472 g/mol. The predicted octanol–water partition coefficient (Wildman–Crippen LogP) is 5.16. The molecule has 3 N–H and O–H groups in total. The van der Waals surface area contributed by atoms with Gasteiger partial charge in [-0.05, 0) is 32.0 Å². The first-order valence-corrected chi connectivity index (χ1v) is 11.0. The Morgan fingerprint density at radius 3 is 2.83 bits per heavy atom. The second kappa shape index (κ2) is 9.13. The maximum absolute atomic E-state index is 15.2. The number of carbonyl (C=O) groups is 1. The van der Waals surface area contributed by atoms with Gasteiger partial charge in [-0.2, -0.15) is 5.10 Å². The molecule has 5 rings (SSSR count). The second-order valence-corrected chi connectivity index (χ2v) is 8.00. The summed E-state index contributed by atoms with van der Waals surface area (Å²) >= 11 is 0. The van der Waals surface area contributed by atoms with Gasteiger partial charge in [0, 0.05) is 36.8 Å². The molecule has 0 radical (unpaired) electrons. The Hall–Kier alpha value is -4.74. The third kappa shape index (κ3) is 4.13. The van der Waals surface area contributed by atoms with E-state index in [1.165, 1.54) is 17.2 Å². The fraction of sp³-hybridized carbons (Fsp3) is 0.167. The molecule has 0 unspecified atom stereocenters. The Morgan fingerprint density at radius 2 is 2.08 bits per heavy atom. The molecule has 1 aromatic carbocycles. The van der Waals surface area contributed by atoms with Gasteiger partial charge < -0.3 is 24.4 Å². The monoisotopic (exact) mass is 493 g/mol. The van der Waals surface area contributed by atoms with E-state index in [1.807, 2.05) is 0 Å². The average Bonchev–Trinajstić information content (AvgIpc) is 3.62. The Labute approximate surface area is 203 Å². The molecular formula is C24H21F2N7O3. The summed E-state index contributed by atoms with van der Waals surface area (Å²) in [4.78, 5) is 25.7. The molecule has 36 heavy (non-hydrogen) atoms. The van der Waals surface area contributed by atoms with E-state index in [1.54, 1.807) is 39.1 Å². The summed E-state index contributed by atoms with van der Waals surface area (Å²) in [5.74, 6) is -1.68. The summed E-state index contributed by atoms with van der Waals surface area (Å²) in [5.41, 5.74) is 1.13. The number of aryl methyl sites for hydroxylation is 1. The van der Waals surface area contributed by atoms with Crippen molar-refractivity contribution in [2.75, 3.05) is 18.9 Å². The van der Waals surface area contributed by atoms with Crippen molar-refractivity contribution >= 4 is 28.4 Å². The van der Waals surface area contributed by atoms with Gasteiger partial charge in [0.1, 0.15) is 17.6 Å². The molecule has 0 atom stereocenters. The number of furan rings is 1. The second-order valence-electron chi connectivity index (χ2n) is 8.00. The number of hydrogen-bond acceptors (Lipinski definition) is 7. The molecule has 4 heterocycles. The normalized spacial score (nSPS) is 11.1. The van der Waals surface area contributed by atoms with Crippen LogP contribution in [0, 0.1) is 18.6 Å². The zero-order chi connectivity index (χ0) is 25.4. The molecule has 0 aliphatic heterocycles. The molecule has 10 nitrogen and oxygen atoms in total. The van der Waals surface area contributed by atoms with Crippen LogP contribution in [-0.2, 0) is 0 Å². The zero-order valence-corrected chi connectivity index (χ0v) is 19.5. The maximum atomic E-state index is 15.2. The minimum absolute atomic E-state index is 0.0234. The van der Waals surface area contributed by atoms with Crippen LogP contribution in [0.2, 0.25) is 0 Å². The van der Waals surface area contributed by atoms with Crippen LogP contribution in [-0.4, -0.2) is 49.5 Å². The number of halogens is 2. The summed E-state index contributed by atoms with van der Waals surface area (Å²) in [6.45, 7) is 3.84. The molecule has 0 saturated carbocycles. The number of amides is 1. The fourth-order valence-corrected chi connectivity index (χ4v) is 3.65. The first-order valence-electron chi connectivity index (χ1n) is 11.0. The largest absolute Gasteiger partial charge is 0.463 e. The van der Waals surface area contributed by atoms with Crippen molar-refractivity contribution in [2.45, 2.75) is 13.8 Å². The number of rotatable bonds is 7. The van der Waals surface area contributed by atoms with Crippen molar-refractivity contribution in [2.24, 2.45) is 0 Å². The van der Waals surface area contributed by atoms with Crippen molar-refractivity contribution in [1.29, 1.82) is 0 Å². The number of carbonyl (C=O) groups excluding carboxylic acids is 1. The van der Waals surface area contributed by atoms with Gasteiger partial charge in [-0.15, -0.1) is 0 Å². The number of anilines is 2. The molecule has 0 aliphatic rings. The number of aromatic nitrogens is 5. The Balaban J connectivity index is 1.56. The van der Waals surface area contributed by atoms with Crippen LogP contribution in [0.15, 0.2) is 47.3 Å². The Kier molecular flexibility index (Phi) is 5.84. The Bertz CT molecular complexity index is 1560. The van der Waals surface area contributed by atoms with Gasteiger partial charge in [0.2, 0.25) is 5.88 Å². The van der Waals surface area contributed by atoms with Gasteiger partial charge in [0.05, 0.1) is 11.8 Å². The van der Waals surface area contributed by atoms with Crippen LogP contribution in [0.4, 0.5) is 20.4 Å². The average molecular weight is 493 g/mol. The van der Waals surface area contributed by atoms with Crippen molar-refractivity contribution in [1.82, 2.24) is 30.0 Å². The van der Waals surface area contributed by atoms with Crippen LogP contribution in [0.3, 0.4) is 0 Å². The van der Waals surface area contributed by atoms with E-state index in [0.29, 0.717) is 29.5 Å². The lowest BCUT2D eigenvalue weighted by atomic mass is 10.2. The number of nitrogens with zero attached hydrogens (tertiary/aromatic N) is 4. The molecule has 0 bridgehead atoms. The lowest BCUT2D eigenvalue weighted by molar-refractivity contribution is 0.0799. The first kappa shape index (κ1) is 23.0. The lowest BCUT2D eigenvalue weighted by Gasteiger charge is -2.19. The van der Waals surface area contributed by atoms with E-state index in [0.717, 1.165) is 12.4 Å². The smallest absolute Gasteiger partial charge is 0.262 e. The highest BCUT2D eigenvalue weighted by atomic mass is 19.1. The molecule has 0 fully saturated rings. The van der Waals surface area contributed by atoms with Gasteiger partial charge in [-0.3, -0.25) is 9.89 Å². The van der Waals surface area contributed by atoms with Gasteiger partial charge >= 0.3 is 0 Å². The number of fused-ring (bicyclic) bond motifs is 1. The van der Waals surface area contributed by atoms with Crippen LogP contribution in [0.25, 0.3) is 22.4 Å². The summed E-state index contributed by atoms with van der Waals surface area (Å²) < 4.78 is 40.9. The molecule has 5 aromatic rings. The van der Waals surface area contributed by atoms with E-state index >= 15 is 4.39 Å². The van der Waals surface area contributed by atoms with Crippen LogP contribution in [0.1, 0.15) is 23.0 Å². The molecule has 1 amide bonds. The summed E-state index contributed by atoms with van der Waals surface area (Å²) in [7, 11) is 1.58. The van der Waals surface area contributed by atoms with Gasteiger partial charge in [0.15, 0.2) is 34.8 Å². The van der Waals surface area contributed by atoms with Crippen molar-refractivity contribution in [3.63, 3.8) is 0 Å². The molecule has 0 saturated heterocycles. The standard InChI is InChI=1S/C24H21F2N7O3/c1-4-33(3)24(34)19-22(30-18-10-15(31-32-18)16-6-5-7-35-16)27-11-28-23(19)36-17-9-14(25)21-13(20(17)26)8-12(2)29-21/h5-11,29H,4H2,1-3H3,(H2,27,28,30,31,32). The number of nitrogens with one attached hydrogen (secondary N) is 3. The molecule has 4 aromatic heterocycles. The van der Waals surface area contributed by atoms with Crippen molar-refractivity contribution in [3.8, 4) is 23.1 Å². The quantitative estimate of drug-likeness (QED) is 0.286. The minimum Gasteiger partial charge on any atom is -0.463 e. The highest BCUT2D eigenvalue weighted by molar-refractivity contribution is 6.01. The third-order valence-electron chi connectivity index (χ3n) is 5.57. The van der Waals surface area contributed by atoms with E-state index in [-0.39, 0.29) is 28.2 Å². The summed E-state index contributed by atoms with van der Waals surface area (Å²) in [6.07, 6.45) is 2.68. The maximum Gasteiger partial charge on any atom is 0.262 e. The van der Waals surface area contributed by atoms with Gasteiger partial charge in [-0.1, -0.05) is 0 Å². The van der Waals surface area contributed by atoms with E-state index < -0.39 is 23.3 Å². The zero-order valence-electron chi connectivity index (χ0n) is 19.5. The van der Waals surface area contributed by atoms with Crippen LogP contribution < -0.4 is 10.1 Å². The molecule has 184 valence electrons. The lowest BCUT2D eigenvalue weighted by Crippen LogP contribution is -2.28. The van der Waals surface area contributed by atoms with Crippen LogP contribution >= 0.6 is 0 Å². The number of benzene rings is 1. The first-order chi connectivity index (χ1) is 17.4. The van der Waals surface area contributed by atoms with Crippen LogP contribution in [0.5, 0.6) is 11.6 Å². The molecule has 12 heteroatoms. The van der Waals surface area contributed by atoms with Gasteiger partial charge in [0.25, 0.3) is 5.91 Å². The van der Waals surface area contributed by atoms with E-state index in [9.17, 15) is 9.18 Å². The van der Waals surface area contributed by atoms with Crippen molar-refractivity contribution < 1.29 is 22.7 Å². The SMILES string of the molecule is CCN(C)C(=O)c1c(Nc2cc(-c3ccco3)[nH]n2)ncnc1Oc1cc(F)c2[nH]c(C)cc2c1F. The third-order valence-corrected chi connectivity index (χ3v) is 5.57. The predicted molar refractivity (Wildman–Crippen MR) is 127 cm³/mol. The number of aromatic amines is 2. The summed E-state index contributed by atoms with van der Waals surface area (Å²) in [5, 5.41) is 9.99. The highest BCUT2D eigenvalue weighted by Crippen LogP contribution is 2.35. The molecule has 0 spiro atoms. The van der Waals surface area contributed by atoms with E-state index in [2.05, 4.69) is 30.5 Å². The van der Waals surface area contributed by atoms with Crippen molar-refractivity contribution in [3.05, 3.63) is 65.8 Å². The number of hydrogen-bond donors (Lipinski definition) is 3. The number of H-pyrrole nitrogens is 2. The Morgan fingerprint density at radius 1 is 1.25 bits per heavy atom. The summed E-state index contributed by atoms with van der Waals surface area (Å²) in [6, 6.07) is 7.54. The van der Waals surface area contributed by atoms with Gasteiger partial charge in [-0.25, -0.2) is 18.7 Å². The topological polar surface area (TPSA) is 125 Å². The highest BCUT2D eigenvalue weighted by Gasteiger charge is 2.26. The fourth-order valence-electron chi connectivity index (χ4n) is 3.65.